The van der Waals surface area contributed by atoms with Crippen LogP contribution in [0.1, 0.15) is 91.7 Å². The second kappa shape index (κ2) is 21.9. The molecule has 9 rings (SSSR count). The summed E-state index contributed by atoms with van der Waals surface area (Å²) in [4.78, 5) is 77.9. The van der Waals surface area contributed by atoms with E-state index < -0.39 is 41.3 Å². The molecule has 16 nitrogen and oxygen atoms in total. The highest BCUT2D eigenvalue weighted by atomic mass is 19.1. The number of fused-ring (bicyclic) bond motifs is 2. The average molecular weight is 945 g/mol. The Balaban J connectivity index is 0.667. The number of unbranched alkanes of at least 4 members (excludes halogenated alkanes) is 5. The zero-order valence-corrected chi connectivity index (χ0v) is 38.7. The number of rotatable bonds is 18. The van der Waals surface area contributed by atoms with Crippen molar-refractivity contribution in [3.05, 3.63) is 95.4 Å². The number of aromatic nitrogens is 4. The summed E-state index contributed by atoms with van der Waals surface area (Å²) in [6.45, 7) is 5.76. The third kappa shape index (κ3) is 11.2. The van der Waals surface area contributed by atoms with Crippen LogP contribution in [-0.2, 0) is 36.9 Å². The van der Waals surface area contributed by atoms with Crippen LogP contribution < -0.4 is 16.0 Å². The molecule has 18 heteroatoms. The van der Waals surface area contributed by atoms with Gasteiger partial charge in [-0.1, -0.05) is 43.9 Å². The maximum absolute atomic E-state index is 15.4. The van der Waals surface area contributed by atoms with Crippen LogP contribution in [0, 0.1) is 11.6 Å². The molecule has 4 aliphatic heterocycles. The number of morpholine rings is 1. The molecule has 0 saturated carbocycles. The zero-order valence-electron chi connectivity index (χ0n) is 38.7. The first-order valence-corrected chi connectivity index (χ1v) is 24.2. The van der Waals surface area contributed by atoms with Gasteiger partial charge in [-0.15, -0.1) is 0 Å². The molecule has 4 aliphatic rings. The van der Waals surface area contributed by atoms with Crippen molar-refractivity contribution in [2.24, 2.45) is 0 Å². The first-order valence-electron chi connectivity index (χ1n) is 24.2. The van der Waals surface area contributed by atoms with Gasteiger partial charge in [-0.3, -0.25) is 53.7 Å². The summed E-state index contributed by atoms with van der Waals surface area (Å²) in [5.41, 5.74) is 5.38. The summed E-state index contributed by atoms with van der Waals surface area (Å²) in [7, 11) is 0. The Labute approximate surface area is 399 Å². The van der Waals surface area contributed by atoms with Crippen molar-refractivity contribution in [1.29, 1.82) is 0 Å². The number of imide groups is 2. The first kappa shape index (κ1) is 47.6. The van der Waals surface area contributed by atoms with E-state index in [1.54, 1.807) is 30.6 Å². The topological polar surface area (TPSA) is 184 Å². The Bertz CT molecular complexity index is 2690. The number of nitrogens with one attached hydrogen (secondary N) is 3. The molecule has 5 aromatic rings. The van der Waals surface area contributed by atoms with E-state index in [9.17, 15) is 24.0 Å². The van der Waals surface area contributed by atoms with Crippen LogP contribution >= 0.6 is 0 Å². The predicted octanol–water partition coefficient (Wildman–Crippen LogP) is 5.81. The van der Waals surface area contributed by atoms with Gasteiger partial charge in [0.15, 0.2) is 0 Å². The van der Waals surface area contributed by atoms with Crippen LogP contribution in [0.25, 0.3) is 33.4 Å². The summed E-state index contributed by atoms with van der Waals surface area (Å²) in [6.07, 6.45) is 13.3. The fourth-order valence-corrected chi connectivity index (χ4v) is 9.84. The van der Waals surface area contributed by atoms with Crippen molar-refractivity contribution >= 4 is 46.3 Å². The molecule has 3 aromatic carbocycles. The third-order valence-corrected chi connectivity index (χ3v) is 13.7. The highest BCUT2D eigenvalue weighted by Gasteiger charge is 2.42. The van der Waals surface area contributed by atoms with Gasteiger partial charge in [0.1, 0.15) is 17.7 Å². The van der Waals surface area contributed by atoms with E-state index in [0.717, 1.165) is 80.6 Å². The predicted molar refractivity (Wildman–Crippen MR) is 254 cm³/mol. The Morgan fingerprint density at radius 1 is 0.812 bits per heavy atom. The number of nitrogens with zero attached hydrogens (tertiary/aromatic N) is 7. The van der Waals surface area contributed by atoms with Crippen molar-refractivity contribution in [3.63, 3.8) is 0 Å². The molecule has 2 aromatic heterocycles. The van der Waals surface area contributed by atoms with Crippen LogP contribution in [0.5, 0.6) is 0 Å². The number of carbonyl (C=O) groups is 5. The number of anilines is 1. The standard InChI is InChI=1S/C51H58F2N10O6/c52-40-25-33(26-41(53)39(40)31-61-21-23-69-24-22-61)36-9-7-12-43-49(36)58-44(29-56-43)34-28-57-62(30-34)35-15-19-60(20-16-35)32-47(65)55-18-6-4-2-1-3-5-17-54-42-11-8-10-37-38(42)27-48(66)63(51(37)68)45-13-14-46(64)59-50(45)67/h7-12,25-26,28-30,35,45,54H,1-6,13-24,27,31-32H2,(H,55,65)(H,59,64,67). The minimum atomic E-state index is -0.975. The van der Waals surface area contributed by atoms with Gasteiger partial charge in [-0.05, 0) is 73.6 Å². The van der Waals surface area contributed by atoms with Crippen LogP contribution in [0.3, 0.4) is 0 Å². The van der Waals surface area contributed by atoms with E-state index in [1.165, 1.54) is 12.1 Å². The molecule has 0 radical (unpaired) electrons. The zero-order chi connectivity index (χ0) is 47.9. The summed E-state index contributed by atoms with van der Waals surface area (Å²) < 4.78 is 38.2. The number of hydrogen-bond acceptors (Lipinski definition) is 12. The minimum absolute atomic E-state index is 0.00393. The molecule has 3 N–H and O–H groups in total. The molecule has 3 fully saturated rings. The highest BCUT2D eigenvalue weighted by molar-refractivity contribution is 6.14. The van der Waals surface area contributed by atoms with E-state index in [4.69, 9.17) is 9.72 Å². The maximum Gasteiger partial charge on any atom is 0.261 e. The quantitative estimate of drug-likeness (QED) is 0.0710. The van der Waals surface area contributed by atoms with Crippen LogP contribution in [0.2, 0.25) is 0 Å². The fourth-order valence-electron chi connectivity index (χ4n) is 9.84. The number of hydrogen-bond donors (Lipinski definition) is 3. The largest absolute Gasteiger partial charge is 0.385 e. The van der Waals surface area contributed by atoms with E-state index in [1.807, 2.05) is 34.0 Å². The van der Waals surface area contributed by atoms with Crippen molar-refractivity contribution in [1.82, 2.24) is 45.1 Å². The summed E-state index contributed by atoms with van der Waals surface area (Å²) >= 11 is 0. The lowest BCUT2D eigenvalue weighted by Crippen LogP contribution is -2.58. The Kier molecular flexibility index (Phi) is 15.1. The second-order valence-electron chi connectivity index (χ2n) is 18.4. The monoisotopic (exact) mass is 944 g/mol. The number of halogens is 2. The molecule has 0 spiro atoms. The van der Waals surface area contributed by atoms with Gasteiger partial charge in [-0.2, -0.15) is 5.10 Å². The maximum atomic E-state index is 15.4. The van der Waals surface area contributed by atoms with Gasteiger partial charge < -0.3 is 15.4 Å². The molecule has 0 aliphatic carbocycles. The number of benzene rings is 3. The molecule has 0 bridgehead atoms. The van der Waals surface area contributed by atoms with Crippen LogP contribution in [-0.4, -0.2) is 129 Å². The van der Waals surface area contributed by atoms with Gasteiger partial charge in [-0.25, -0.2) is 13.8 Å². The van der Waals surface area contributed by atoms with Gasteiger partial charge >= 0.3 is 0 Å². The Morgan fingerprint density at radius 2 is 1.54 bits per heavy atom. The molecular weight excluding hydrogens is 887 g/mol. The molecule has 6 heterocycles. The lowest BCUT2D eigenvalue weighted by atomic mass is 9.93. The van der Waals surface area contributed by atoms with E-state index in [2.05, 4.69) is 30.9 Å². The second-order valence-corrected chi connectivity index (χ2v) is 18.4. The SMILES string of the molecule is O=C(CN1CCC(n2cc(-c3cnc4cccc(-c5cc(F)c(CN6CCOCC6)c(F)c5)c4n3)cn2)CC1)NCCCCCCCCNc1cccc2c1CC(=O)N(C1CCC(=O)NC1=O)C2=O. The summed E-state index contributed by atoms with van der Waals surface area (Å²) in [5, 5.41) is 13.4. The lowest BCUT2D eigenvalue weighted by molar-refractivity contribution is -0.143. The number of carbonyl (C=O) groups excluding carboxylic acids is 5. The Morgan fingerprint density at radius 3 is 2.30 bits per heavy atom. The van der Waals surface area contributed by atoms with Gasteiger partial charge in [0.2, 0.25) is 23.6 Å². The van der Waals surface area contributed by atoms with E-state index in [0.29, 0.717) is 84.9 Å². The van der Waals surface area contributed by atoms with Crippen molar-refractivity contribution in [2.75, 3.05) is 64.3 Å². The molecule has 1 unspecified atom stereocenters. The molecular formula is C51H58F2N10O6. The Hall–Kier alpha value is -6.50. The fraction of sp³-hybridized carbons (Fsp3) is 0.451. The highest BCUT2D eigenvalue weighted by Crippen LogP contribution is 2.33. The molecule has 1 atom stereocenters. The van der Waals surface area contributed by atoms with Gasteiger partial charge in [0.25, 0.3) is 5.91 Å². The van der Waals surface area contributed by atoms with Gasteiger partial charge in [0, 0.05) is 86.4 Å². The first-order chi connectivity index (χ1) is 33.6. The number of piperidine rings is 2. The average Bonchev–Trinajstić information content (AvgIpc) is 3.85. The number of likely N-dealkylation sites (tertiary alicyclic amines) is 1. The van der Waals surface area contributed by atoms with E-state index in [-0.39, 0.29) is 43.3 Å². The van der Waals surface area contributed by atoms with Crippen molar-refractivity contribution in [3.8, 4) is 22.4 Å². The van der Waals surface area contributed by atoms with E-state index >= 15 is 8.78 Å². The minimum Gasteiger partial charge on any atom is -0.385 e. The molecule has 69 heavy (non-hydrogen) atoms. The van der Waals surface area contributed by atoms with Crippen molar-refractivity contribution < 1.29 is 37.5 Å². The number of ether oxygens (including phenoxy) is 1. The molecule has 362 valence electrons. The van der Waals surface area contributed by atoms with Crippen LogP contribution in [0.15, 0.2) is 67.1 Å². The smallest absolute Gasteiger partial charge is 0.261 e. The number of amides is 5. The normalized spacial score (nSPS) is 18.4. The lowest BCUT2D eigenvalue weighted by Gasteiger charge is -2.35. The molecule has 5 amide bonds. The summed E-state index contributed by atoms with van der Waals surface area (Å²) in [6, 6.07) is 12.7. The third-order valence-electron chi connectivity index (χ3n) is 13.7. The number of para-hydroxylation sites is 1. The van der Waals surface area contributed by atoms with Crippen LogP contribution in [0.4, 0.5) is 14.5 Å². The molecule has 3 saturated heterocycles. The summed E-state index contributed by atoms with van der Waals surface area (Å²) in [5.74, 6) is -3.12. The van der Waals surface area contributed by atoms with Crippen molar-refractivity contribution in [2.45, 2.75) is 89.3 Å². The van der Waals surface area contributed by atoms with Gasteiger partial charge in [0.05, 0.1) is 61.3 Å².